The van der Waals surface area contributed by atoms with Crippen LogP contribution < -0.4 is 32.0 Å². The van der Waals surface area contributed by atoms with Crippen molar-refractivity contribution in [1.29, 1.82) is 0 Å². The average molecular weight is 1000 g/mol. The highest BCUT2D eigenvalue weighted by molar-refractivity contribution is 7.48. The van der Waals surface area contributed by atoms with Crippen LogP contribution in [0.5, 0.6) is 11.5 Å². The molecule has 0 aliphatic carbocycles. The van der Waals surface area contributed by atoms with Crippen LogP contribution in [0.15, 0.2) is 123 Å². The number of methoxy groups -OCH3 is 2. The molecule has 2 aromatic heterocycles. The van der Waals surface area contributed by atoms with E-state index >= 15 is 4.57 Å². The maximum Gasteiger partial charge on any atom is 0.475 e. The Bertz CT molecular complexity index is 2850. The summed E-state index contributed by atoms with van der Waals surface area (Å²) in [4.78, 5) is 55.9. The normalized spacial score (nSPS) is 21.6. The number of hydrogen-bond acceptors (Lipinski definition) is 14. The predicted molar refractivity (Wildman–Crippen MR) is 264 cm³/mol. The zero-order valence-corrected chi connectivity index (χ0v) is 42.9. The van der Waals surface area contributed by atoms with Crippen LogP contribution in [0.4, 0.5) is 0 Å². The van der Waals surface area contributed by atoms with Crippen LogP contribution in [0.2, 0.25) is 18.1 Å². The second kappa shape index (κ2) is 21.5. The lowest BCUT2D eigenvalue weighted by Gasteiger charge is -2.39. The molecule has 0 saturated carbocycles. The van der Waals surface area contributed by atoms with E-state index in [9.17, 15) is 19.2 Å². The van der Waals surface area contributed by atoms with Crippen LogP contribution in [0, 0.1) is 13.8 Å². The number of nitrogens with one attached hydrogen (secondary N) is 2. The van der Waals surface area contributed by atoms with Crippen molar-refractivity contribution in [3.63, 3.8) is 0 Å². The fourth-order valence-electron chi connectivity index (χ4n) is 8.29. The summed E-state index contributed by atoms with van der Waals surface area (Å²) in [5.74, 6) is 1.26. The number of rotatable bonds is 20. The molecule has 3 aromatic carbocycles. The molecule has 0 bridgehead atoms. The van der Waals surface area contributed by atoms with Crippen molar-refractivity contribution in [1.82, 2.24) is 19.1 Å². The van der Waals surface area contributed by atoms with Crippen LogP contribution in [-0.2, 0) is 42.4 Å². The molecule has 1 unspecified atom stereocenters. The Hall–Kier alpha value is -5.47. The molecule has 2 N–H and O–H groups in total. The van der Waals surface area contributed by atoms with E-state index in [4.69, 9.17) is 41.7 Å². The highest BCUT2D eigenvalue weighted by Crippen LogP contribution is 2.54. The molecule has 0 spiro atoms. The van der Waals surface area contributed by atoms with Crippen LogP contribution in [-0.4, -0.2) is 85.9 Å². The number of benzene rings is 3. The fraction of sp³-hybridized carbons (Fsp3) is 0.440. The largest absolute Gasteiger partial charge is 0.497 e. The molecule has 5 aromatic rings. The standard InChI is InChI=1S/C50H63N4O14PSi/c1-11-25-63-69(59,64-31-42-40(68-70(9,10)49(4,5)6)27-44(66-42)54-29-33(3)46(56)52-48(54)58)67-39-26-43(53-28-32(2)45(55)51-47(53)57)65-41(39)30-62-50(34-15-13-12-14-16-34,35-17-21-37(60-7)22-18-35)36-19-23-38(61-8)24-20-36/h11-24,28-29,39-44H,1,25-27,30-31H2,2-10H3,(H,51,55,57)(H,52,56,58)/t39-,40-,41+,42+,43+,44+,69?/m0/s1. The summed E-state index contributed by atoms with van der Waals surface area (Å²) in [6.45, 7) is 16.5. The Morgan fingerprint density at radius 1 is 0.714 bits per heavy atom. The van der Waals surface area contributed by atoms with Crippen LogP contribution in [0.1, 0.15) is 73.9 Å². The van der Waals surface area contributed by atoms with E-state index in [2.05, 4.69) is 50.4 Å². The van der Waals surface area contributed by atoms with Gasteiger partial charge >= 0.3 is 19.2 Å². The molecule has 7 rings (SSSR count). The van der Waals surface area contributed by atoms with Crippen molar-refractivity contribution in [2.45, 2.75) is 108 Å². The van der Waals surface area contributed by atoms with Crippen LogP contribution in [0.25, 0.3) is 0 Å². The lowest BCUT2D eigenvalue weighted by Crippen LogP contribution is -2.46. The molecule has 376 valence electrons. The summed E-state index contributed by atoms with van der Waals surface area (Å²) in [7, 11) is -3.95. The monoisotopic (exact) mass is 1000 g/mol. The number of ether oxygens (including phenoxy) is 5. The van der Waals surface area contributed by atoms with Gasteiger partial charge < -0.3 is 28.1 Å². The van der Waals surface area contributed by atoms with Gasteiger partial charge in [0, 0.05) is 36.4 Å². The zero-order valence-electron chi connectivity index (χ0n) is 41.0. The molecule has 2 aliphatic heterocycles. The Balaban J connectivity index is 1.25. The van der Waals surface area contributed by atoms with Gasteiger partial charge in [0.25, 0.3) is 11.1 Å². The molecule has 2 fully saturated rings. The van der Waals surface area contributed by atoms with E-state index in [0.29, 0.717) is 17.1 Å². The van der Waals surface area contributed by atoms with Gasteiger partial charge in [-0.1, -0.05) is 81.4 Å². The number of nitrogens with zero attached hydrogens (tertiary/aromatic N) is 2. The van der Waals surface area contributed by atoms with Gasteiger partial charge in [0.2, 0.25) is 0 Å². The maximum atomic E-state index is 15.1. The summed E-state index contributed by atoms with van der Waals surface area (Å²) >= 11 is 0. The Labute approximate surface area is 407 Å². The highest BCUT2D eigenvalue weighted by atomic mass is 31.2. The minimum absolute atomic E-state index is 0.0682. The van der Waals surface area contributed by atoms with Gasteiger partial charge in [0.1, 0.15) is 47.9 Å². The molecule has 20 heteroatoms. The van der Waals surface area contributed by atoms with Crippen molar-refractivity contribution in [3.05, 3.63) is 173 Å². The van der Waals surface area contributed by atoms with Crippen molar-refractivity contribution in [2.24, 2.45) is 0 Å². The van der Waals surface area contributed by atoms with E-state index in [1.165, 1.54) is 27.6 Å². The zero-order chi connectivity index (χ0) is 50.6. The molecule has 7 atom stereocenters. The quantitative estimate of drug-likeness (QED) is 0.0337. The molecule has 18 nitrogen and oxygen atoms in total. The molecule has 4 heterocycles. The summed E-state index contributed by atoms with van der Waals surface area (Å²) < 4.78 is 74.4. The number of hydrogen-bond donors (Lipinski definition) is 2. The van der Waals surface area contributed by atoms with Gasteiger partial charge in [-0.2, -0.15) is 0 Å². The maximum absolute atomic E-state index is 15.1. The third-order valence-corrected chi connectivity index (χ3v) is 19.1. The number of aromatic nitrogens is 4. The second-order valence-corrected chi connectivity index (χ2v) is 25.3. The minimum Gasteiger partial charge on any atom is -0.497 e. The van der Waals surface area contributed by atoms with Crippen LogP contribution >= 0.6 is 7.82 Å². The number of aromatic amines is 2. The van der Waals surface area contributed by atoms with E-state index in [-0.39, 0.29) is 43.3 Å². The minimum atomic E-state index is -4.62. The third kappa shape index (κ3) is 11.3. The van der Waals surface area contributed by atoms with Crippen molar-refractivity contribution in [3.8, 4) is 11.5 Å². The summed E-state index contributed by atoms with van der Waals surface area (Å²) in [5, 5.41) is -0.214. The molecule has 2 saturated heterocycles. The summed E-state index contributed by atoms with van der Waals surface area (Å²) in [6.07, 6.45) is -1.26. The highest BCUT2D eigenvalue weighted by Gasteiger charge is 2.49. The first-order valence-corrected chi connectivity index (χ1v) is 27.4. The Morgan fingerprint density at radius 3 is 1.66 bits per heavy atom. The Kier molecular flexibility index (Phi) is 16.1. The smallest absolute Gasteiger partial charge is 0.475 e. The van der Waals surface area contributed by atoms with E-state index < -0.39 is 81.1 Å². The molecule has 2 aliphatic rings. The van der Waals surface area contributed by atoms with Gasteiger partial charge in [-0.25, -0.2) is 14.2 Å². The van der Waals surface area contributed by atoms with Gasteiger partial charge in [-0.05, 0) is 72.9 Å². The third-order valence-electron chi connectivity index (χ3n) is 13.2. The number of H-pyrrole nitrogens is 2. The predicted octanol–water partition coefficient (Wildman–Crippen LogP) is 7.41. The Morgan fingerprint density at radius 2 is 1.19 bits per heavy atom. The van der Waals surface area contributed by atoms with E-state index in [0.717, 1.165) is 16.7 Å². The summed E-state index contributed by atoms with van der Waals surface area (Å²) in [5.41, 5.74) is -0.966. The van der Waals surface area contributed by atoms with Gasteiger partial charge in [-0.3, -0.25) is 42.3 Å². The van der Waals surface area contributed by atoms with Crippen molar-refractivity contribution >= 4 is 16.1 Å². The molecule has 70 heavy (non-hydrogen) atoms. The summed E-state index contributed by atoms with van der Waals surface area (Å²) in [6, 6.07) is 24.6. The van der Waals surface area contributed by atoms with Crippen molar-refractivity contribution in [2.75, 3.05) is 34.0 Å². The number of phosphoric acid groups is 1. The van der Waals surface area contributed by atoms with Gasteiger partial charge in [0.05, 0.1) is 40.1 Å². The number of phosphoric ester groups is 1. The fourth-order valence-corrected chi connectivity index (χ4v) is 11.0. The molecular formula is C50H63N4O14PSi. The first-order chi connectivity index (χ1) is 33.2. The topological polar surface area (TPSA) is 210 Å². The van der Waals surface area contributed by atoms with E-state index in [1.54, 1.807) is 28.1 Å². The van der Waals surface area contributed by atoms with Crippen LogP contribution in [0.3, 0.4) is 0 Å². The average Bonchev–Trinajstić information content (AvgIpc) is 3.92. The molecule has 0 radical (unpaired) electrons. The lowest BCUT2D eigenvalue weighted by atomic mass is 9.80. The second-order valence-electron chi connectivity index (χ2n) is 18.9. The van der Waals surface area contributed by atoms with Gasteiger partial charge in [-0.15, -0.1) is 6.58 Å². The van der Waals surface area contributed by atoms with Gasteiger partial charge in [0.15, 0.2) is 8.32 Å². The van der Waals surface area contributed by atoms with E-state index in [1.807, 2.05) is 78.9 Å². The molecular weight excluding hydrogens is 940 g/mol. The number of aryl methyl sites for hydroxylation is 2. The van der Waals surface area contributed by atoms with Crippen molar-refractivity contribution < 1.29 is 46.2 Å². The first kappa shape index (κ1) is 52.4. The molecule has 0 amide bonds. The lowest BCUT2D eigenvalue weighted by molar-refractivity contribution is -0.0958. The first-order valence-electron chi connectivity index (χ1n) is 23.0. The SMILES string of the molecule is C=CCOP(=O)(OC[C@H]1O[C@@H](n2cc(C)c(=O)[nH]c2=O)C[C@@H]1O[Si](C)(C)C(C)(C)C)O[C@H]1C[C@H](n2cc(C)c(=O)[nH]c2=O)O[C@@H]1COC(c1ccccc1)(c1ccc(OC)cc1)c1ccc(OC)cc1.